The number of nitrogens with one attached hydrogen (secondary N) is 2. The van der Waals surface area contributed by atoms with Gasteiger partial charge in [-0.3, -0.25) is 9.89 Å². The number of hydrogen-bond acceptors (Lipinski definition) is 8. The number of halogens is 1. The first kappa shape index (κ1) is 26.4. The van der Waals surface area contributed by atoms with Crippen molar-refractivity contribution >= 4 is 28.9 Å². The molecule has 2 aromatic carbocycles. The van der Waals surface area contributed by atoms with Gasteiger partial charge in [0.05, 0.1) is 38.6 Å². The number of carbonyl (C=O) groups is 1. The maximum absolute atomic E-state index is 14.1. The van der Waals surface area contributed by atoms with Crippen LogP contribution in [0.2, 0.25) is 0 Å². The standard InChI is InChI=1S/C27H32FN7O4/c1-38-23-13-21-22(14-24(23)39-9-3-7-34-8-6-20(36)15-34)30-16-35(19-5-2-4-17(28)10-19)27(21)31-26-12-18(32-33-26)11-25(29)37/h2,4-5,10,12-14,20,30,36H,3,6-9,11,15-16H2,1H3,(H2,29,37)(H,32,33)/t20-/m0/s1. The van der Waals surface area contributed by atoms with E-state index in [0.29, 0.717) is 59.9 Å². The smallest absolute Gasteiger partial charge is 0.223 e. The number of aliphatic hydroxyl groups is 1. The topological polar surface area (TPSA) is 141 Å². The van der Waals surface area contributed by atoms with E-state index in [4.69, 9.17) is 20.2 Å². The minimum atomic E-state index is -0.485. The van der Waals surface area contributed by atoms with Gasteiger partial charge in [-0.1, -0.05) is 6.07 Å². The number of fused-ring (bicyclic) bond motifs is 1. The lowest BCUT2D eigenvalue weighted by molar-refractivity contribution is -0.117. The second-order valence-corrected chi connectivity index (χ2v) is 9.57. The molecule has 3 heterocycles. The van der Waals surface area contributed by atoms with Crippen molar-refractivity contribution in [1.82, 2.24) is 15.1 Å². The maximum atomic E-state index is 14.1. The Labute approximate surface area is 225 Å². The number of nitrogens with zero attached hydrogens (tertiary/aromatic N) is 4. The number of aromatic nitrogens is 2. The summed E-state index contributed by atoms with van der Waals surface area (Å²) in [4.78, 5) is 20.2. The number of primary amides is 1. The highest BCUT2D eigenvalue weighted by Gasteiger charge is 2.27. The Morgan fingerprint density at radius 1 is 1.28 bits per heavy atom. The first-order valence-electron chi connectivity index (χ1n) is 12.8. The number of amides is 1. The van der Waals surface area contributed by atoms with Crippen molar-refractivity contribution in [2.45, 2.75) is 25.4 Å². The molecular weight excluding hydrogens is 505 g/mol. The molecule has 0 bridgehead atoms. The Kier molecular flexibility index (Phi) is 7.94. The largest absolute Gasteiger partial charge is 0.493 e. The zero-order valence-corrected chi connectivity index (χ0v) is 21.7. The van der Waals surface area contributed by atoms with Crippen LogP contribution in [0.4, 0.5) is 21.6 Å². The molecule has 2 aliphatic heterocycles. The number of likely N-dealkylation sites (tertiary alicyclic amines) is 1. The maximum Gasteiger partial charge on any atom is 0.223 e. The summed E-state index contributed by atoms with van der Waals surface area (Å²) in [7, 11) is 1.57. The molecule has 0 saturated carbocycles. The highest BCUT2D eigenvalue weighted by atomic mass is 19.1. The first-order valence-corrected chi connectivity index (χ1v) is 12.8. The van der Waals surface area contributed by atoms with Crippen molar-refractivity contribution < 1.29 is 23.8 Å². The SMILES string of the molecule is COc1cc2c(cc1OCCCN1CC[C@H](O)C1)NCN(c1cccc(F)c1)C2=Nc1cc(CC(N)=O)[nH]n1. The van der Waals surface area contributed by atoms with E-state index in [9.17, 15) is 14.3 Å². The van der Waals surface area contributed by atoms with Gasteiger partial charge in [0.1, 0.15) is 11.7 Å². The second-order valence-electron chi connectivity index (χ2n) is 9.57. The number of anilines is 2. The Balaban J connectivity index is 1.43. The number of rotatable bonds is 10. The number of carbonyl (C=O) groups excluding carboxylic acids is 1. The average Bonchev–Trinajstić information content (AvgIpc) is 3.54. The Morgan fingerprint density at radius 2 is 2.15 bits per heavy atom. The molecule has 11 nitrogen and oxygen atoms in total. The van der Waals surface area contributed by atoms with Gasteiger partial charge < -0.3 is 35.4 Å². The molecule has 0 radical (unpaired) electrons. The van der Waals surface area contributed by atoms with Crippen LogP contribution in [0.1, 0.15) is 24.1 Å². The molecule has 0 unspecified atom stereocenters. The molecule has 12 heteroatoms. The molecule has 1 amide bonds. The number of methoxy groups -OCH3 is 1. The van der Waals surface area contributed by atoms with Crippen LogP contribution in [0.3, 0.4) is 0 Å². The molecule has 3 aromatic rings. The Morgan fingerprint density at radius 3 is 2.90 bits per heavy atom. The van der Waals surface area contributed by atoms with E-state index in [0.717, 1.165) is 31.6 Å². The van der Waals surface area contributed by atoms with Gasteiger partial charge in [0.15, 0.2) is 17.3 Å². The third-order valence-electron chi connectivity index (χ3n) is 6.67. The molecule has 2 aliphatic rings. The average molecular weight is 538 g/mol. The zero-order valence-electron chi connectivity index (χ0n) is 21.7. The van der Waals surface area contributed by atoms with Gasteiger partial charge in [0.2, 0.25) is 5.91 Å². The van der Waals surface area contributed by atoms with Crippen LogP contribution in [0.15, 0.2) is 47.5 Å². The summed E-state index contributed by atoms with van der Waals surface area (Å²) in [6.45, 7) is 3.27. The Hall–Kier alpha value is -4.16. The first-order chi connectivity index (χ1) is 18.9. The van der Waals surface area contributed by atoms with Gasteiger partial charge in [-0.25, -0.2) is 9.38 Å². The molecule has 0 aliphatic carbocycles. The fraction of sp³-hybridized carbons (Fsp3) is 0.370. The number of ether oxygens (including phenoxy) is 2. The number of aliphatic imine (C=N–C) groups is 1. The van der Waals surface area contributed by atoms with E-state index < -0.39 is 5.91 Å². The van der Waals surface area contributed by atoms with Crippen molar-refractivity contribution in [1.29, 1.82) is 0 Å². The van der Waals surface area contributed by atoms with E-state index in [1.807, 2.05) is 17.0 Å². The highest BCUT2D eigenvalue weighted by Crippen LogP contribution is 2.38. The number of nitrogens with two attached hydrogens (primary N) is 1. The van der Waals surface area contributed by atoms with Crippen molar-refractivity contribution in [2.75, 3.05) is 50.2 Å². The fourth-order valence-electron chi connectivity index (χ4n) is 4.81. The lowest BCUT2D eigenvalue weighted by Gasteiger charge is -2.33. The summed E-state index contributed by atoms with van der Waals surface area (Å²) >= 11 is 0. The molecule has 5 rings (SSSR count). The predicted octanol–water partition coefficient (Wildman–Crippen LogP) is 2.39. The van der Waals surface area contributed by atoms with Gasteiger partial charge in [-0.05, 0) is 37.1 Å². The molecule has 39 heavy (non-hydrogen) atoms. The molecule has 0 spiro atoms. The zero-order chi connectivity index (χ0) is 27.4. The minimum Gasteiger partial charge on any atom is -0.493 e. The summed E-state index contributed by atoms with van der Waals surface area (Å²) in [5, 5.41) is 20.1. The highest BCUT2D eigenvalue weighted by molar-refractivity contribution is 6.16. The van der Waals surface area contributed by atoms with Crippen molar-refractivity contribution in [3.8, 4) is 11.5 Å². The van der Waals surface area contributed by atoms with Crippen LogP contribution in [0, 0.1) is 5.82 Å². The predicted molar refractivity (Wildman–Crippen MR) is 145 cm³/mol. The third-order valence-corrected chi connectivity index (χ3v) is 6.67. The molecule has 1 saturated heterocycles. The monoisotopic (exact) mass is 537 g/mol. The Bertz CT molecular complexity index is 1360. The molecular formula is C27H32FN7O4. The normalized spacial score (nSPS) is 18.2. The van der Waals surface area contributed by atoms with Crippen molar-refractivity contribution in [3.63, 3.8) is 0 Å². The number of β-amino-alcohol motifs (C(OH)–C–C–N with tert-alkyl or cyclic N) is 1. The lowest BCUT2D eigenvalue weighted by atomic mass is 10.1. The number of aromatic amines is 1. The molecule has 1 atom stereocenters. The van der Waals surface area contributed by atoms with Crippen LogP contribution in [0.25, 0.3) is 0 Å². The van der Waals surface area contributed by atoms with Gasteiger partial charge in [-0.2, -0.15) is 5.10 Å². The van der Waals surface area contributed by atoms with E-state index in [-0.39, 0.29) is 18.3 Å². The van der Waals surface area contributed by atoms with E-state index >= 15 is 0 Å². The molecule has 1 fully saturated rings. The van der Waals surface area contributed by atoms with Crippen molar-refractivity contribution in [3.05, 3.63) is 59.5 Å². The van der Waals surface area contributed by atoms with Crippen LogP contribution < -0.4 is 25.4 Å². The number of aliphatic hydroxyl groups excluding tert-OH is 1. The van der Waals surface area contributed by atoms with Crippen molar-refractivity contribution in [2.24, 2.45) is 10.7 Å². The molecule has 5 N–H and O–H groups in total. The summed E-state index contributed by atoms with van der Waals surface area (Å²) in [5.74, 6) is 1.13. The minimum absolute atomic E-state index is 0.0104. The second kappa shape index (κ2) is 11.7. The summed E-state index contributed by atoms with van der Waals surface area (Å²) in [5.41, 5.74) is 7.93. The lowest BCUT2D eigenvalue weighted by Crippen LogP contribution is -2.40. The number of benzene rings is 2. The number of H-pyrrole nitrogens is 1. The number of hydrogen-bond donors (Lipinski definition) is 4. The van der Waals surface area contributed by atoms with E-state index in [2.05, 4.69) is 20.4 Å². The van der Waals surface area contributed by atoms with E-state index in [1.54, 1.807) is 25.3 Å². The molecule has 206 valence electrons. The van der Waals surface area contributed by atoms with Crippen LogP contribution >= 0.6 is 0 Å². The quantitative estimate of drug-likeness (QED) is 0.289. The van der Waals surface area contributed by atoms with Gasteiger partial charge in [-0.15, -0.1) is 0 Å². The van der Waals surface area contributed by atoms with Crippen LogP contribution in [0.5, 0.6) is 11.5 Å². The number of amidine groups is 1. The van der Waals surface area contributed by atoms with Crippen LogP contribution in [-0.2, 0) is 11.2 Å². The van der Waals surface area contributed by atoms with Gasteiger partial charge >= 0.3 is 0 Å². The van der Waals surface area contributed by atoms with Gasteiger partial charge in [0.25, 0.3) is 0 Å². The summed E-state index contributed by atoms with van der Waals surface area (Å²) < 4.78 is 25.9. The molecule has 1 aromatic heterocycles. The summed E-state index contributed by atoms with van der Waals surface area (Å²) in [6, 6.07) is 11.6. The van der Waals surface area contributed by atoms with Crippen LogP contribution in [-0.4, -0.2) is 78.1 Å². The summed E-state index contributed by atoms with van der Waals surface area (Å²) in [6.07, 6.45) is 1.40. The third kappa shape index (κ3) is 6.29. The van der Waals surface area contributed by atoms with E-state index in [1.165, 1.54) is 12.1 Å². The van der Waals surface area contributed by atoms with Gasteiger partial charge in [0, 0.05) is 48.7 Å². The fourth-order valence-corrected chi connectivity index (χ4v) is 4.81.